The van der Waals surface area contributed by atoms with E-state index in [1.54, 1.807) is 23.1 Å². The number of benzene rings is 1. The van der Waals surface area contributed by atoms with E-state index in [1.807, 2.05) is 13.0 Å². The number of nitrogens with one attached hydrogen (secondary N) is 1. The maximum Gasteiger partial charge on any atom is 0.289 e. The summed E-state index contributed by atoms with van der Waals surface area (Å²) in [6, 6.07) is 9.81. The van der Waals surface area contributed by atoms with Crippen molar-refractivity contribution in [3.8, 4) is 0 Å². The summed E-state index contributed by atoms with van der Waals surface area (Å²) in [4.78, 5) is 20.9. The largest absolute Gasteiger partial charge is 0.459 e. The fourth-order valence-electron chi connectivity index (χ4n) is 3.09. The van der Waals surface area contributed by atoms with Gasteiger partial charge in [-0.2, -0.15) is 0 Å². The summed E-state index contributed by atoms with van der Waals surface area (Å²) in [5.41, 5.74) is 0.749. The number of nitrogens with two attached hydrogens (primary N) is 1. The first-order valence-corrected chi connectivity index (χ1v) is 10.9. The van der Waals surface area contributed by atoms with Gasteiger partial charge in [-0.15, -0.1) is 24.0 Å². The van der Waals surface area contributed by atoms with Crippen LogP contribution in [0, 0.1) is 0 Å². The highest BCUT2D eigenvalue weighted by Gasteiger charge is 2.25. The summed E-state index contributed by atoms with van der Waals surface area (Å²) >= 11 is 0. The van der Waals surface area contributed by atoms with Crippen LogP contribution in [0.1, 0.15) is 23.0 Å². The van der Waals surface area contributed by atoms with Gasteiger partial charge in [0.05, 0.1) is 17.7 Å². The van der Waals surface area contributed by atoms with Gasteiger partial charge in [0.15, 0.2) is 11.7 Å². The third-order valence-electron chi connectivity index (χ3n) is 4.57. The molecule has 0 bridgehead atoms. The Labute approximate surface area is 193 Å². The number of carbonyl (C=O) groups excluding carboxylic acids is 1. The standard InChI is InChI=1S/C19H25N5O4S.HI/c1-2-21-19(22-14-15-5-3-6-16(13-15)29(20,26)27)24-10-8-23(9-11-24)18(25)17-7-4-12-28-17;/h3-7,12-13H,2,8-11,14H2,1H3,(H,21,22)(H2,20,26,27);1H. The number of hydrogen-bond acceptors (Lipinski definition) is 5. The van der Waals surface area contributed by atoms with Crippen LogP contribution in [0.2, 0.25) is 0 Å². The Balaban J connectivity index is 0.00000320. The number of piperazine rings is 1. The smallest absolute Gasteiger partial charge is 0.289 e. The number of sulfonamides is 1. The zero-order valence-corrected chi connectivity index (χ0v) is 19.8. The van der Waals surface area contributed by atoms with Crippen molar-refractivity contribution in [1.29, 1.82) is 0 Å². The van der Waals surface area contributed by atoms with Gasteiger partial charge in [0, 0.05) is 32.7 Å². The van der Waals surface area contributed by atoms with E-state index in [0.29, 0.717) is 45.0 Å². The number of guanidine groups is 1. The fourth-order valence-corrected chi connectivity index (χ4v) is 3.67. The summed E-state index contributed by atoms with van der Waals surface area (Å²) in [6.07, 6.45) is 1.49. The second-order valence-electron chi connectivity index (χ2n) is 6.62. The number of carbonyl (C=O) groups is 1. The lowest BCUT2D eigenvalue weighted by atomic mass is 10.2. The third kappa shape index (κ3) is 6.19. The monoisotopic (exact) mass is 547 g/mol. The Hall–Kier alpha value is -2.12. The SMILES string of the molecule is CCNC(=NCc1cccc(S(N)(=O)=O)c1)N1CCN(C(=O)c2ccco2)CC1.I. The minimum atomic E-state index is -3.75. The molecular weight excluding hydrogens is 521 g/mol. The maximum absolute atomic E-state index is 12.4. The highest BCUT2D eigenvalue weighted by atomic mass is 127. The fraction of sp³-hybridized carbons (Fsp3) is 0.368. The van der Waals surface area contributed by atoms with Crippen LogP contribution in [0.25, 0.3) is 0 Å². The number of aliphatic imine (C=N–C) groups is 1. The van der Waals surface area contributed by atoms with Crippen LogP contribution in [-0.4, -0.2) is 62.8 Å². The molecule has 1 saturated heterocycles. The summed E-state index contributed by atoms with van der Waals surface area (Å²) in [5, 5.41) is 8.45. The minimum Gasteiger partial charge on any atom is -0.459 e. The first-order valence-electron chi connectivity index (χ1n) is 9.36. The van der Waals surface area contributed by atoms with Crippen LogP contribution in [-0.2, 0) is 16.6 Å². The molecule has 11 heteroatoms. The molecule has 0 aliphatic carbocycles. The van der Waals surface area contributed by atoms with E-state index in [4.69, 9.17) is 9.56 Å². The van der Waals surface area contributed by atoms with Gasteiger partial charge in [-0.05, 0) is 36.8 Å². The Morgan fingerprint density at radius 2 is 1.87 bits per heavy atom. The average Bonchev–Trinajstić information content (AvgIpc) is 3.25. The molecule has 164 valence electrons. The number of amides is 1. The average molecular weight is 547 g/mol. The predicted molar refractivity (Wildman–Crippen MR) is 124 cm³/mol. The van der Waals surface area contributed by atoms with E-state index in [9.17, 15) is 13.2 Å². The predicted octanol–water partition coefficient (Wildman–Crippen LogP) is 1.47. The van der Waals surface area contributed by atoms with Crippen LogP contribution in [0.4, 0.5) is 0 Å². The summed E-state index contributed by atoms with van der Waals surface area (Å²) < 4.78 is 28.2. The van der Waals surface area contributed by atoms with Gasteiger partial charge in [-0.25, -0.2) is 18.5 Å². The zero-order valence-electron chi connectivity index (χ0n) is 16.7. The first-order chi connectivity index (χ1) is 13.9. The number of hydrogen-bond donors (Lipinski definition) is 2. The maximum atomic E-state index is 12.4. The van der Waals surface area contributed by atoms with E-state index in [0.717, 1.165) is 11.5 Å². The lowest BCUT2D eigenvalue weighted by molar-refractivity contribution is 0.0657. The molecule has 9 nitrogen and oxygen atoms in total. The van der Waals surface area contributed by atoms with Gasteiger partial charge in [0.25, 0.3) is 5.91 Å². The van der Waals surface area contributed by atoms with E-state index in [1.165, 1.54) is 18.4 Å². The van der Waals surface area contributed by atoms with E-state index in [-0.39, 0.29) is 34.8 Å². The second kappa shape index (κ2) is 10.8. The van der Waals surface area contributed by atoms with Crippen molar-refractivity contribution in [2.45, 2.75) is 18.4 Å². The van der Waals surface area contributed by atoms with Crippen molar-refractivity contribution >= 4 is 45.9 Å². The van der Waals surface area contributed by atoms with Crippen molar-refractivity contribution in [1.82, 2.24) is 15.1 Å². The molecule has 1 aliphatic heterocycles. The zero-order chi connectivity index (χ0) is 20.9. The molecule has 0 saturated carbocycles. The van der Waals surface area contributed by atoms with Crippen LogP contribution in [0.5, 0.6) is 0 Å². The number of furan rings is 1. The summed E-state index contributed by atoms with van der Waals surface area (Å²) in [5.74, 6) is 0.948. The Kier molecular flexibility index (Phi) is 8.67. The van der Waals surface area contributed by atoms with Crippen molar-refractivity contribution in [2.24, 2.45) is 10.1 Å². The normalized spacial score (nSPS) is 14.9. The summed E-state index contributed by atoms with van der Waals surface area (Å²) in [6.45, 7) is 5.38. The van der Waals surface area contributed by atoms with Crippen molar-refractivity contribution in [2.75, 3.05) is 32.7 Å². The number of halogens is 1. The molecule has 1 fully saturated rings. The first kappa shape index (κ1) is 24.2. The van der Waals surface area contributed by atoms with Crippen LogP contribution >= 0.6 is 24.0 Å². The van der Waals surface area contributed by atoms with Crippen molar-refractivity contribution in [3.63, 3.8) is 0 Å². The molecule has 1 aromatic carbocycles. The molecule has 0 unspecified atom stereocenters. The molecule has 3 N–H and O–H groups in total. The van der Waals surface area contributed by atoms with Gasteiger partial charge < -0.3 is 19.5 Å². The van der Waals surface area contributed by atoms with E-state index in [2.05, 4.69) is 15.2 Å². The van der Waals surface area contributed by atoms with Gasteiger partial charge >= 0.3 is 0 Å². The molecule has 3 rings (SSSR count). The Morgan fingerprint density at radius 1 is 1.17 bits per heavy atom. The van der Waals surface area contributed by atoms with E-state index < -0.39 is 10.0 Å². The molecular formula is C19H26IN5O4S. The minimum absolute atomic E-state index is 0. The molecule has 1 aliphatic rings. The molecule has 0 spiro atoms. The van der Waals surface area contributed by atoms with Crippen molar-refractivity contribution < 1.29 is 17.6 Å². The molecule has 1 aromatic heterocycles. The van der Waals surface area contributed by atoms with Crippen LogP contribution in [0.3, 0.4) is 0 Å². The van der Waals surface area contributed by atoms with Crippen LogP contribution < -0.4 is 10.5 Å². The quantitative estimate of drug-likeness (QED) is 0.332. The summed E-state index contributed by atoms with van der Waals surface area (Å²) in [7, 11) is -3.75. The van der Waals surface area contributed by atoms with E-state index >= 15 is 0 Å². The Morgan fingerprint density at radius 3 is 2.47 bits per heavy atom. The number of rotatable bonds is 5. The van der Waals surface area contributed by atoms with Crippen molar-refractivity contribution in [3.05, 3.63) is 54.0 Å². The highest BCUT2D eigenvalue weighted by Crippen LogP contribution is 2.12. The van der Waals surface area contributed by atoms with Gasteiger partial charge in [-0.3, -0.25) is 4.79 Å². The molecule has 0 atom stereocenters. The molecule has 30 heavy (non-hydrogen) atoms. The third-order valence-corrected chi connectivity index (χ3v) is 5.48. The lowest BCUT2D eigenvalue weighted by Gasteiger charge is -2.36. The van der Waals surface area contributed by atoms with Gasteiger partial charge in [-0.1, -0.05) is 12.1 Å². The van der Waals surface area contributed by atoms with Gasteiger partial charge in [0.2, 0.25) is 10.0 Å². The van der Waals surface area contributed by atoms with Gasteiger partial charge in [0.1, 0.15) is 0 Å². The highest BCUT2D eigenvalue weighted by molar-refractivity contribution is 14.0. The Bertz CT molecular complexity index is 971. The molecule has 0 radical (unpaired) electrons. The molecule has 1 amide bonds. The molecule has 2 heterocycles. The lowest BCUT2D eigenvalue weighted by Crippen LogP contribution is -2.53. The number of nitrogens with zero attached hydrogens (tertiary/aromatic N) is 3. The second-order valence-corrected chi connectivity index (χ2v) is 8.18. The number of primary sulfonamides is 1. The topological polar surface area (TPSA) is 121 Å². The molecule has 2 aromatic rings. The van der Waals surface area contributed by atoms with Crippen LogP contribution in [0.15, 0.2) is 57.0 Å².